The summed E-state index contributed by atoms with van der Waals surface area (Å²) in [6.07, 6.45) is 2.26. The molecule has 2 aliphatic heterocycles. The first-order valence-corrected chi connectivity index (χ1v) is 12.6. The highest BCUT2D eigenvalue weighted by Crippen LogP contribution is 2.27. The van der Waals surface area contributed by atoms with E-state index in [2.05, 4.69) is 10.2 Å². The van der Waals surface area contributed by atoms with Crippen LogP contribution in [0.3, 0.4) is 0 Å². The summed E-state index contributed by atoms with van der Waals surface area (Å²) < 4.78 is 0. The molecule has 2 heterocycles. The van der Waals surface area contributed by atoms with E-state index in [1.165, 1.54) is 0 Å². The number of nitrogens with one attached hydrogen (secondary N) is 1. The number of carbonyl (C=O) groups is 4. The smallest absolute Gasteiger partial charge is 0.262 e. The van der Waals surface area contributed by atoms with Crippen molar-refractivity contribution in [2.75, 3.05) is 50.6 Å². The number of hydrogen-bond donors (Lipinski definition) is 1. The van der Waals surface area contributed by atoms with Crippen molar-refractivity contribution in [2.45, 2.75) is 12.5 Å². The molecule has 1 N–H and O–H groups in total. The average molecular weight is 481 g/mol. The fourth-order valence-electron chi connectivity index (χ4n) is 4.21. The summed E-state index contributed by atoms with van der Waals surface area (Å²) in [7, 11) is 2.04. The van der Waals surface area contributed by atoms with E-state index < -0.39 is 23.8 Å². The molecule has 4 amide bonds. The van der Waals surface area contributed by atoms with Crippen LogP contribution in [0.25, 0.3) is 0 Å². The molecule has 8 nitrogen and oxygen atoms in total. The fraction of sp³-hybridized carbons (Fsp3) is 0.360. The van der Waals surface area contributed by atoms with Gasteiger partial charge in [0.15, 0.2) is 0 Å². The third kappa shape index (κ3) is 4.85. The zero-order chi connectivity index (χ0) is 24.2. The van der Waals surface area contributed by atoms with Crippen LogP contribution in [0.1, 0.15) is 37.5 Å². The van der Waals surface area contributed by atoms with Crippen molar-refractivity contribution in [2.24, 2.45) is 0 Å². The second-order valence-corrected chi connectivity index (χ2v) is 9.47. The average Bonchev–Trinajstić information content (AvgIpc) is 3.10. The zero-order valence-electron chi connectivity index (χ0n) is 19.3. The highest BCUT2D eigenvalue weighted by molar-refractivity contribution is 7.98. The Morgan fingerprint density at radius 2 is 1.53 bits per heavy atom. The molecule has 0 aliphatic carbocycles. The number of piperazine rings is 1. The highest BCUT2D eigenvalue weighted by Gasteiger charge is 2.42. The molecular formula is C25H28N4O4S. The van der Waals surface area contributed by atoms with Gasteiger partial charge in [-0.2, -0.15) is 11.8 Å². The third-order valence-electron chi connectivity index (χ3n) is 6.23. The largest absolute Gasteiger partial charge is 0.336 e. The number of anilines is 1. The summed E-state index contributed by atoms with van der Waals surface area (Å²) >= 11 is 1.54. The number of carbonyl (C=O) groups excluding carboxylic acids is 4. The Hall–Kier alpha value is -3.17. The van der Waals surface area contributed by atoms with Gasteiger partial charge in [0.05, 0.1) is 11.1 Å². The molecule has 0 saturated carbocycles. The van der Waals surface area contributed by atoms with E-state index in [0.717, 1.165) is 18.0 Å². The van der Waals surface area contributed by atoms with Crippen LogP contribution < -0.4 is 5.32 Å². The van der Waals surface area contributed by atoms with Crippen molar-refractivity contribution in [1.29, 1.82) is 0 Å². The number of hydrogen-bond acceptors (Lipinski definition) is 6. The zero-order valence-corrected chi connectivity index (χ0v) is 20.1. The van der Waals surface area contributed by atoms with Gasteiger partial charge in [-0.25, -0.2) is 0 Å². The molecule has 1 atom stereocenters. The van der Waals surface area contributed by atoms with E-state index in [4.69, 9.17) is 0 Å². The molecule has 2 aliphatic rings. The van der Waals surface area contributed by atoms with E-state index in [1.807, 2.05) is 18.2 Å². The van der Waals surface area contributed by atoms with Crippen molar-refractivity contribution in [3.63, 3.8) is 0 Å². The SMILES string of the molecule is CSCCC(C(=O)Nc1ccc(C(=O)N2CCN(C)CC2)cc1)N1C(=O)c2ccccc2C1=O. The Morgan fingerprint density at radius 3 is 2.09 bits per heavy atom. The van der Waals surface area contributed by atoms with Crippen molar-refractivity contribution >= 4 is 41.1 Å². The lowest BCUT2D eigenvalue weighted by molar-refractivity contribution is -0.120. The predicted molar refractivity (Wildman–Crippen MR) is 132 cm³/mol. The second-order valence-electron chi connectivity index (χ2n) is 8.49. The third-order valence-corrected chi connectivity index (χ3v) is 6.87. The number of benzene rings is 2. The number of likely N-dealkylation sites (N-methyl/N-ethyl adjacent to an activating group) is 1. The molecule has 0 bridgehead atoms. The summed E-state index contributed by atoms with van der Waals surface area (Å²) in [5.74, 6) is -0.745. The first-order valence-electron chi connectivity index (χ1n) is 11.3. The standard InChI is InChI=1S/C25H28N4O4S/c1-27-12-14-28(15-13-27)23(31)17-7-9-18(10-8-17)26-22(30)21(11-16-34-2)29-24(32)19-5-3-4-6-20(19)25(29)33/h3-10,21H,11-16H2,1-2H3,(H,26,30). The maximum Gasteiger partial charge on any atom is 0.262 e. The van der Waals surface area contributed by atoms with E-state index in [9.17, 15) is 19.2 Å². The van der Waals surface area contributed by atoms with E-state index in [1.54, 1.807) is 60.3 Å². The van der Waals surface area contributed by atoms with Gasteiger partial charge in [0.2, 0.25) is 5.91 Å². The Morgan fingerprint density at radius 1 is 0.941 bits per heavy atom. The van der Waals surface area contributed by atoms with Crippen molar-refractivity contribution < 1.29 is 19.2 Å². The fourth-order valence-corrected chi connectivity index (χ4v) is 4.67. The highest BCUT2D eigenvalue weighted by atomic mass is 32.2. The maximum absolute atomic E-state index is 13.2. The minimum Gasteiger partial charge on any atom is -0.336 e. The molecule has 9 heteroatoms. The quantitative estimate of drug-likeness (QED) is 0.613. The molecule has 34 heavy (non-hydrogen) atoms. The minimum atomic E-state index is -0.925. The Balaban J connectivity index is 1.47. The lowest BCUT2D eigenvalue weighted by Gasteiger charge is -2.32. The lowest BCUT2D eigenvalue weighted by Crippen LogP contribution is -2.47. The molecule has 1 saturated heterocycles. The molecule has 1 unspecified atom stereocenters. The normalized spacial score (nSPS) is 17.0. The molecule has 0 radical (unpaired) electrons. The summed E-state index contributed by atoms with van der Waals surface area (Å²) in [6, 6.07) is 12.4. The van der Waals surface area contributed by atoms with Gasteiger partial charge in [0, 0.05) is 37.4 Å². The Kier molecular flexibility index (Phi) is 7.33. The molecule has 0 aromatic heterocycles. The van der Waals surface area contributed by atoms with Crippen molar-refractivity contribution in [3.8, 4) is 0 Å². The van der Waals surface area contributed by atoms with Crippen LogP contribution in [-0.2, 0) is 4.79 Å². The maximum atomic E-state index is 13.2. The van der Waals surface area contributed by atoms with Gasteiger partial charge in [-0.15, -0.1) is 0 Å². The van der Waals surface area contributed by atoms with Crippen LogP contribution in [0, 0.1) is 0 Å². The number of thioether (sulfide) groups is 1. The van der Waals surface area contributed by atoms with Crippen molar-refractivity contribution in [3.05, 3.63) is 65.2 Å². The molecule has 178 valence electrons. The summed E-state index contributed by atoms with van der Waals surface area (Å²) in [4.78, 5) is 56.9. The number of amides is 4. The topological polar surface area (TPSA) is 90.0 Å². The van der Waals surface area contributed by atoms with Gasteiger partial charge >= 0.3 is 0 Å². The number of imide groups is 1. The van der Waals surface area contributed by atoms with Gasteiger partial charge in [0.1, 0.15) is 6.04 Å². The summed E-state index contributed by atoms with van der Waals surface area (Å²) in [5.41, 5.74) is 1.70. The number of rotatable bonds is 7. The molecular weight excluding hydrogens is 452 g/mol. The minimum absolute atomic E-state index is 0.0325. The van der Waals surface area contributed by atoms with Crippen LogP contribution in [0.5, 0.6) is 0 Å². The molecule has 1 fully saturated rings. The van der Waals surface area contributed by atoms with Gasteiger partial charge < -0.3 is 15.1 Å². The van der Waals surface area contributed by atoms with Crippen molar-refractivity contribution in [1.82, 2.24) is 14.7 Å². The molecule has 2 aromatic carbocycles. The van der Waals surface area contributed by atoms with Crippen LogP contribution in [0.15, 0.2) is 48.5 Å². The van der Waals surface area contributed by atoms with E-state index >= 15 is 0 Å². The predicted octanol–water partition coefficient (Wildman–Crippen LogP) is 2.43. The lowest BCUT2D eigenvalue weighted by atomic mass is 10.1. The van der Waals surface area contributed by atoms with Gasteiger partial charge in [-0.05, 0) is 61.9 Å². The second kappa shape index (κ2) is 10.4. The Labute approximate surface area is 203 Å². The number of fused-ring (bicyclic) bond motifs is 1. The van der Waals surface area contributed by atoms with Gasteiger partial charge in [-0.3, -0.25) is 24.1 Å². The summed E-state index contributed by atoms with van der Waals surface area (Å²) in [6.45, 7) is 3.06. The molecule has 0 spiro atoms. The number of nitrogens with zero attached hydrogens (tertiary/aromatic N) is 3. The Bertz CT molecular complexity index is 1060. The summed E-state index contributed by atoms with van der Waals surface area (Å²) in [5, 5.41) is 2.82. The molecule has 2 aromatic rings. The van der Waals surface area contributed by atoms with Gasteiger partial charge in [0.25, 0.3) is 17.7 Å². The first kappa shape index (κ1) is 24.0. The molecule has 4 rings (SSSR count). The first-order chi connectivity index (χ1) is 16.4. The van der Waals surface area contributed by atoms with E-state index in [-0.39, 0.29) is 5.91 Å². The van der Waals surface area contributed by atoms with Crippen LogP contribution in [0.4, 0.5) is 5.69 Å². The van der Waals surface area contributed by atoms with E-state index in [0.29, 0.717) is 47.6 Å². The van der Waals surface area contributed by atoms with Crippen LogP contribution in [-0.4, -0.2) is 89.6 Å². The monoisotopic (exact) mass is 480 g/mol. The van der Waals surface area contributed by atoms with Crippen LogP contribution >= 0.6 is 11.8 Å². The van der Waals surface area contributed by atoms with Gasteiger partial charge in [-0.1, -0.05) is 12.1 Å². The van der Waals surface area contributed by atoms with Crippen LogP contribution in [0.2, 0.25) is 0 Å².